The van der Waals surface area contributed by atoms with Crippen LogP contribution in [0.25, 0.3) is 11.1 Å². The molecule has 104 valence electrons. The Morgan fingerprint density at radius 3 is 3.00 bits per heavy atom. The second-order valence-electron chi connectivity index (χ2n) is 4.75. The highest BCUT2D eigenvalue weighted by atomic mass is 16.5. The Kier molecular flexibility index (Phi) is 3.73. The summed E-state index contributed by atoms with van der Waals surface area (Å²) in [5.41, 5.74) is 2.05. The zero-order valence-electron chi connectivity index (χ0n) is 11.0. The highest BCUT2D eigenvalue weighted by Crippen LogP contribution is 2.21. The topological polar surface area (TPSA) is 79.9 Å². The second kappa shape index (κ2) is 5.83. The molecular weight excluding hydrogens is 256 g/mol. The molecule has 0 radical (unpaired) electrons. The van der Waals surface area contributed by atoms with Gasteiger partial charge in [-0.15, -0.1) is 0 Å². The van der Waals surface area contributed by atoms with Crippen molar-refractivity contribution in [2.45, 2.75) is 18.9 Å². The zero-order valence-corrected chi connectivity index (χ0v) is 11.0. The molecule has 20 heavy (non-hydrogen) atoms. The first-order valence-corrected chi connectivity index (χ1v) is 6.67. The Labute approximate surface area is 116 Å². The monoisotopic (exact) mass is 272 g/mol. The van der Waals surface area contributed by atoms with Gasteiger partial charge in [-0.1, -0.05) is 6.07 Å². The van der Waals surface area contributed by atoms with E-state index in [1.54, 1.807) is 18.6 Å². The molecule has 1 fully saturated rings. The van der Waals surface area contributed by atoms with Crippen molar-refractivity contribution >= 4 is 5.91 Å². The van der Waals surface area contributed by atoms with E-state index in [9.17, 15) is 4.79 Å². The molecule has 1 saturated heterocycles. The molecule has 0 bridgehead atoms. The van der Waals surface area contributed by atoms with Crippen LogP contribution in [-0.4, -0.2) is 40.3 Å². The first-order chi connectivity index (χ1) is 9.84. The molecule has 2 N–H and O–H groups in total. The minimum atomic E-state index is -0.156. The van der Waals surface area contributed by atoms with Gasteiger partial charge >= 0.3 is 0 Å². The summed E-state index contributed by atoms with van der Waals surface area (Å²) in [6.07, 6.45) is 6.83. The van der Waals surface area contributed by atoms with E-state index in [1.165, 1.54) is 0 Å². The number of carbonyl (C=O) groups is 1. The molecule has 0 atom stereocenters. The first kappa shape index (κ1) is 12.8. The number of amides is 1. The predicted molar refractivity (Wildman–Crippen MR) is 73.1 cm³/mol. The third kappa shape index (κ3) is 2.70. The third-order valence-corrected chi connectivity index (χ3v) is 3.38. The number of pyridine rings is 1. The van der Waals surface area contributed by atoms with Crippen molar-refractivity contribution in [1.82, 2.24) is 20.5 Å². The van der Waals surface area contributed by atoms with Crippen LogP contribution >= 0.6 is 0 Å². The Morgan fingerprint density at radius 1 is 1.40 bits per heavy atom. The fraction of sp³-hybridized carbons (Fsp3) is 0.357. The number of nitrogens with one attached hydrogen (secondary N) is 2. The number of aromatic nitrogens is 3. The van der Waals surface area contributed by atoms with Crippen LogP contribution in [0.5, 0.6) is 0 Å². The van der Waals surface area contributed by atoms with Crippen molar-refractivity contribution in [3.8, 4) is 11.1 Å². The summed E-state index contributed by atoms with van der Waals surface area (Å²) in [5.74, 6) is -0.156. The zero-order chi connectivity index (χ0) is 13.8. The molecule has 2 aromatic rings. The molecule has 0 aromatic carbocycles. The summed E-state index contributed by atoms with van der Waals surface area (Å²) in [4.78, 5) is 16.4. The van der Waals surface area contributed by atoms with E-state index in [2.05, 4.69) is 20.5 Å². The van der Waals surface area contributed by atoms with Crippen molar-refractivity contribution in [2.75, 3.05) is 13.2 Å². The fourth-order valence-corrected chi connectivity index (χ4v) is 2.30. The molecular formula is C14H16N4O2. The second-order valence-corrected chi connectivity index (χ2v) is 4.75. The van der Waals surface area contributed by atoms with Crippen LogP contribution < -0.4 is 5.32 Å². The molecule has 0 unspecified atom stereocenters. The first-order valence-electron chi connectivity index (χ1n) is 6.67. The lowest BCUT2D eigenvalue weighted by Gasteiger charge is -2.22. The summed E-state index contributed by atoms with van der Waals surface area (Å²) >= 11 is 0. The Morgan fingerprint density at radius 2 is 2.25 bits per heavy atom. The van der Waals surface area contributed by atoms with Gasteiger partial charge in [0.2, 0.25) is 0 Å². The minimum absolute atomic E-state index is 0.156. The average Bonchev–Trinajstić information content (AvgIpc) is 2.99. The van der Waals surface area contributed by atoms with E-state index in [0.29, 0.717) is 18.9 Å². The highest BCUT2D eigenvalue weighted by molar-refractivity contribution is 5.98. The van der Waals surface area contributed by atoms with Gasteiger partial charge in [-0.05, 0) is 18.9 Å². The molecule has 0 aliphatic carbocycles. The molecule has 0 spiro atoms. The van der Waals surface area contributed by atoms with Crippen LogP contribution in [0.3, 0.4) is 0 Å². The van der Waals surface area contributed by atoms with Crippen LogP contribution in [0.4, 0.5) is 0 Å². The molecule has 0 saturated carbocycles. The molecule has 1 aliphatic rings. The number of aromatic amines is 1. The van der Waals surface area contributed by atoms with Crippen molar-refractivity contribution < 1.29 is 9.53 Å². The summed E-state index contributed by atoms with van der Waals surface area (Å²) < 4.78 is 5.28. The summed E-state index contributed by atoms with van der Waals surface area (Å²) in [5, 5.41) is 9.82. The van der Waals surface area contributed by atoms with E-state index in [4.69, 9.17) is 4.74 Å². The van der Waals surface area contributed by atoms with Crippen LogP contribution in [0.2, 0.25) is 0 Å². The Hall–Kier alpha value is -2.21. The number of H-pyrrole nitrogens is 1. The maximum absolute atomic E-state index is 12.3. The standard InChI is InChI=1S/C14H16N4O2/c19-14(17-11-3-6-20-7-4-11)13-12(9-16-18-13)10-2-1-5-15-8-10/h1-2,5,8-9,11H,3-4,6-7H2,(H,16,18)(H,17,19). The number of hydrogen-bond acceptors (Lipinski definition) is 4. The lowest BCUT2D eigenvalue weighted by molar-refractivity contribution is 0.0694. The normalized spacial score (nSPS) is 16.0. The third-order valence-electron chi connectivity index (χ3n) is 3.38. The number of ether oxygens (including phenoxy) is 1. The van der Waals surface area contributed by atoms with E-state index in [-0.39, 0.29) is 11.9 Å². The Bertz CT molecular complexity index is 576. The van der Waals surface area contributed by atoms with Gasteiger partial charge in [0.05, 0.1) is 0 Å². The van der Waals surface area contributed by atoms with Crippen molar-refractivity contribution in [1.29, 1.82) is 0 Å². The Balaban J connectivity index is 1.77. The van der Waals surface area contributed by atoms with Crippen LogP contribution in [-0.2, 0) is 4.74 Å². The average molecular weight is 272 g/mol. The molecule has 1 amide bonds. The lowest BCUT2D eigenvalue weighted by atomic mass is 10.1. The molecule has 3 heterocycles. The van der Waals surface area contributed by atoms with E-state index < -0.39 is 0 Å². The molecule has 2 aromatic heterocycles. The van der Waals surface area contributed by atoms with Gasteiger partial charge < -0.3 is 10.1 Å². The summed E-state index contributed by atoms with van der Waals surface area (Å²) in [7, 11) is 0. The highest BCUT2D eigenvalue weighted by Gasteiger charge is 2.21. The molecule has 3 rings (SSSR count). The van der Waals surface area contributed by atoms with E-state index in [1.807, 2.05) is 12.1 Å². The fourth-order valence-electron chi connectivity index (χ4n) is 2.30. The van der Waals surface area contributed by atoms with E-state index in [0.717, 1.165) is 24.0 Å². The van der Waals surface area contributed by atoms with Gasteiger partial charge in [0.15, 0.2) is 5.69 Å². The summed E-state index contributed by atoms with van der Waals surface area (Å²) in [6.45, 7) is 1.39. The maximum atomic E-state index is 12.3. The minimum Gasteiger partial charge on any atom is -0.381 e. The lowest BCUT2D eigenvalue weighted by Crippen LogP contribution is -2.39. The summed E-state index contributed by atoms with van der Waals surface area (Å²) in [6, 6.07) is 3.90. The largest absolute Gasteiger partial charge is 0.381 e. The smallest absolute Gasteiger partial charge is 0.272 e. The van der Waals surface area contributed by atoms with Gasteiger partial charge in [-0.25, -0.2) is 0 Å². The van der Waals surface area contributed by atoms with E-state index >= 15 is 0 Å². The van der Waals surface area contributed by atoms with Crippen LogP contribution in [0.15, 0.2) is 30.7 Å². The van der Waals surface area contributed by atoms with Crippen LogP contribution in [0, 0.1) is 0 Å². The number of rotatable bonds is 3. The SMILES string of the molecule is O=C(NC1CCOCC1)c1n[nH]cc1-c1cccnc1. The predicted octanol–water partition coefficient (Wildman–Crippen LogP) is 1.38. The molecule has 1 aliphatic heterocycles. The number of nitrogens with zero attached hydrogens (tertiary/aromatic N) is 2. The van der Waals surface area contributed by atoms with Gasteiger partial charge in [0, 0.05) is 49.0 Å². The van der Waals surface area contributed by atoms with Gasteiger partial charge in [-0.3, -0.25) is 14.9 Å². The molecule has 6 heteroatoms. The van der Waals surface area contributed by atoms with Crippen LogP contribution in [0.1, 0.15) is 23.3 Å². The van der Waals surface area contributed by atoms with Gasteiger partial charge in [0.25, 0.3) is 5.91 Å². The van der Waals surface area contributed by atoms with Crippen molar-refractivity contribution in [3.05, 3.63) is 36.4 Å². The van der Waals surface area contributed by atoms with Crippen molar-refractivity contribution in [3.63, 3.8) is 0 Å². The van der Waals surface area contributed by atoms with Crippen molar-refractivity contribution in [2.24, 2.45) is 0 Å². The molecule has 6 nitrogen and oxygen atoms in total. The quantitative estimate of drug-likeness (QED) is 0.884. The maximum Gasteiger partial charge on any atom is 0.272 e. The number of carbonyl (C=O) groups excluding carboxylic acids is 1. The number of hydrogen-bond donors (Lipinski definition) is 2. The van der Waals surface area contributed by atoms with Gasteiger partial charge in [-0.2, -0.15) is 5.10 Å². The van der Waals surface area contributed by atoms with Gasteiger partial charge in [0.1, 0.15) is 0 Å².